The predicted molar refractivity (Wildman–Crippen MR) is 117 cm³/mol. The van der Waals surface area contributed by atoms with Gasteiger partial charge in [0.1, 0.15) is 10.0 Å². The van der Waals surface area contributed by atoms with Gasteiger partial charge in [-0.3, -0.25) is 0 Å². The number of nitrogens with zero attached hydrogens (tertiary/aromatic N) is 2. The largest absolute Gasteiger partial charge is 1.00 e. The first-order chi connectivity index (χ1) is 14.0. The van der Waals surface area contributed by atoms with Gasteiger partial charge in [0.05, 0.1) is 41.9 Å². The Morgan fingerprint density at radius 1 is 0.781 bits per heavy atom. The Labute approximate surface area is 244 Å². The summed E-state index contributed by atoms with van der Waals surface area (Å²) >= 11 is 10.4. The Morgan fingerprint density at radius 2 is 1.19 bits per heavy atom. The van der Waals surface area contributed by atoms with Gasteiger partial charge in [-0.05, 0) is 36.4 Å². The van der Waals surface area contributed by atoms with Gasteiger partial charge in [-0.2, -0.15) is 26.3 Å². The quantitative estimate of drug-likeness (QED) is 0.137. The summed E-state index contributed by atoms with van der Waals surface area (Å²) in [5, 5.41) is 1.48. The summed E-state index contributed by atoms with van der Waals surface area (Å²) in [7, 11) is 0. The summed E-state index contributed by atoms with van der Waals surface area (Å²) in [6.07, 6.45) is -8.61. The van der Waals surface area contributed by atoms with Crippen LogP contribution >= 0.6 is 56.9 Å². The number of rotatable bonds is 2. The standard InChI is InChI=1S/C9H5ClF3NS.C9H5F3INS.HI.Na/c10-4-8-14-6-3-5(9(11,12)13)1-2-7(6)15-8;10-9(11,12)5-1-2-7-6(3-5)14-8(4-13)15-7;;/h2*1-3H,4H2;1H;/q;;;+1/p-1. The normalized spacial score (nSPS) is 11.5. The number of hydrogen-bond donors (Lipinski definition) is 0. The van der Waals surface area contributed by atoms with Crippen LogP contribution in [0.2, 0.25) is 0 Å². The third-order valence-electron chi connectivity index (χ3n) is 3.75. The van der Waals surface area contributed by atoms with Crippen LogP contribution < -0.4 is 53.5 Å². The van der Waals surface area contributed by atoms with E-state index < -0.39 is 23.5 Å². The second-order valence-corrected chi connectivity index (χ2v) is 9.10. The molecule has 0 bridgehead atoms. The van der Waals surface area contributed by atoms with Gasteiger partial charge in [0, 0.05) is 0 Å². The van der Waals surface area contributed by atoms with Crippen molar-refractivity contribution >= 4 is 77.3 Å². The first kappa shape index (κ1) is 30.6. The Balaban J connectivity index is 0.000000301. The van der Waals surface area contributed by atoms with E-state index >= 15 is 0 Å². The van der Waals surface area contributed by atoms with Gasteiger partial charge >= 0.3 is 41.9 Å². The van der Waals surface area contributed by atoms with Crippen molar-refractivity contribution in [1.29, 1.82) is 0 Å². The Morgan fingerprint density at radius 3 is 1.56 bits per heavy atom. The SMILES string of the molecule is FC(F)(F)c1ccc2sc(CCl)nc2c1.FC(F)(F)c1ccc2sc(CI)nc2c1.[I-].[Na+]. The fourth-order valence-corrected chi connectivity index (χ4v) is 4.87. The van der Waals surface area contributed by atoms with Crippen molar-refractivity contribution in [3.05, 3.63) is 57.5 Å². The molecule has 2 aromatic heterocycles. The molecule has 0 aliphatic carbocycles. The van der Waals surface area contributed by atoms with Crippen LogP contribution in [0.3, 0.4) is 0 Å². The van der Waals surface area contributed by atoms with Crippen molar-refractivity contribution in [2.24, 2.45) is 0 Å². The first-order valence-electron chi connectivity index (χ1n) is 8.06. The van der Waals surface area contributed by atoms with Gasteiger partial charge in [0.25, 0.3) is 0 Å². The van der Waals surface area contributed by atoms with Gasteiger partial charge in [-0.1, -0.05) is 22.6 Å². The summed E-state index contributed by atoms with van der Waals surface area (Å²) in [6.45, 7) is 0. The van der Waals surface area contributed by atoms with Gasteiger partial charge < -0.3 is 24.0 Å². The molecule has 2 heterocycles. The van der Waals surface area contributed by atoms with E-state index in [1.165, 1.54) is 34.8 Å². The fourth-order valence-electron chi connectivity index (χ4n) is 2.42. The molecule has 0 unspecified atom stereocenters. The van der Waals surface area contributed by atoms with Crippen LogP contribution in [0.15, 0.2) is 36.4 Å². The Bertz CT molecular complexity index is 1090. The average Bonchev–Trinajstić information content (AvgIpc) is 3.28. The molecular formula is C18H10ClF6I2N2NaS2. The summed E-state index contributed by atoms with van der Waals surface area (Å²) in [5.74, 6) is 0.223. The van der Waals surface area contributed by atoms with Crippen molar-refractivity contribution in [3.8, 4) is 0 Å². The number of aromatic nitrogens is 2. The van der Waals surface area contributed by atoms with Crippen molar-refractivity contribution in [1.82, 2.24) is 9.97 Å². The number of thiazole rings is 2. The van der Waals surface area contributed by atoms with Crippen LogP contribution in [0.25, 0.3) is 20.4 Å². The molecule has 0 N–H and O–H groups in total. The Hall–Kier alpha value is 0.550. The zero-order valence-electron chi connectivity index (χ0n) is 16.0. The Kier molecular flexibility index (Phi) is 11.9. The van der Waals surface area contributed by atoms with E-state index in [-0.39, 0.29) is 59.4 Å². The summed E-state index contributed by atoms with van der Waals surface area (Å²) in [6, 6.07) is 7.19. The van der Waals surface area contributed by atoms with E-state index in [0.717, 1.165) is 43.1 Å². The molecule has 2 nitrogen and oxygen atoms in total. The molecule has 0 saturated heterocycles. The van der Waals surface area contributed by atoms with Crippen LogP contribution in [-0.2, 0) is 22.7 Å². The number of hydrogen-bond acceptors (Lipinski definition) is 4. The summed E-state index contributed by atoms with van der Waals surface area (Å²) in [4.78, 5) is 8.11. The molecule has 0 aliphatic heterocycles. The third-order valence-corrected chi connectivity index (χ3v) is 7.47. The molecular weight excluding hydrogens is 735 g/mol. The van der Waals surface area contributed by atoms with E-state index in [4.69, 9.17) is 11.6 Å². The number of alkyl halides is 8. The van der Waals surface area contributed by atoms with Crippen molar-refractivity contribution in [2.45, 2.75) is 22.7 Å². The maximum absolute atomic E-state index is 12.4. The topological polar surface area (TPSA) is 25.8 Å². The van der Waals surface area contributed by atoms with Crippen LogP contribution in [0, 0.1) is 0 Å². The monoisotopic (exact) mass is 744 g/mol. The van der Waals surface area contributed by atoms with E-state index in [9.17, 15) is 26.3 Å². The third kappa shape index (κ3) is 7.78. The smallest absolute Gasteiger partial charge is 1.00 e. The molecule has 14 heteroatoms. The first-order valence-corrected chi connectivity index (χ1v) is 11.8. The molecule has 0 aliphatic rings. The van der Waals surface area contributed by atoms with Crippen LogP contribution in [-0.4, -0.2) is 9.97 Å². The predicted octanol–water partition coefficient (Wildman–Crippen LogP) is 2.31. The van der Waals surface area contributed by atoms with Gasteiger partial charge in [-0.25, -0.2) is 9.97 Å². The molecule has 4 rings (SSSR count). The molecule has 0 fully saturated rings. The molecule has 168 valence electrons. The minimum Gasteiger partial charge on any atom is -1.00 e. The van der Waals surface area contributed by atoms with E-state index in [2.05, 4.69) is 32.6 Å². The molecule has 0 radical (unpaired) electrons. The van der Waals surface area contributed by atoms with Crippen molar-refractivity contribution < 1.29 is 79.9 Å². The van der Waals surface area contributed by atoms with Crippen molar-refractivity contribution in [3.63, 3.8) is 0 Å². The molecule has 32 heavy (non-hydrogen) atoms. The van der Waals surface area contributed by atoms with E-state index in [0.29, 0.717) is 16.0 Å². The van der Waals surface area contributed by atoms with Crippen molar-refractivity contribution in [2.75, 3.05) is 0 Å². The maximum atomic E-state index is 12.4. The van der Waals surface area contributed by atoms with Crippen LogP contribution in [0.5, 0.6) is 0 Å². The molecule has 0 amide bonds. The molecule has 0 saturated carbocycles. The number of halogens is 9. The summed E-state index contributed by atoms with van der Waals surface area (Å²) in [5.41, 5.74) is -0.534. The second-order valence-electron chi connectivity index (χ2n) is 5.84. The zero-order chi connectivity index (χ0) is 22.1. The minimum atomic E-state index is -4.32. The fraction of sp³-hybridized carbons (Fsp3) is 0.222. The van der Waals surface area contributed by atoms with E-state index in [1.807, 2.05) is 0 Å². The van der Waals surface area contributed by atoms with Gasteiger partial charge in [0.15, 0.2) is 0 Å². The molecule has 4 aromatic rings. The number of benzene rings is 2. The molecule has 0 atom stereocenters. The molecule has 2 aromatic carbocycles. The van der Waals surface area contributed by atoms with Crippen LogP contribution in [0.4, 0.5) is 26.3 Å². The minimum absolute atomic E-state index is 0. The van der Waals surface area contributed by atoms with Gasteiger partial charge in [-0.15, -0.1) is 34.3 Å². The van der Waals surface area contributed by atoms with Gasteiger partial charge in [0.2, 0.25) is 0 Å². The molecule has 0 spiro atoms. The number of fused-ring (bicyclic) bond motifs is 2. The van der Waals surface area contributed by atoms with Crippen LogP contribution in [0.1, 0.15) is 21.1 Å². The zero-order valence-corrected chi connectivity index (χ0v) is 24.7. The second kappa shape index (κ2) is 12.5. The maximum Gasteiger partial charge on any atom is 1.00 e. The van der Waals surface area contributed by atoms with E-state index in [1.54, 1.807) is 0 Å². The average molecular weight is 745 g/mol. The summed E-state index contributed by atoms with van der Waals surface area (Å²) < 4.78 is 76.4.